The summed E-state index contributed by atoms with van der Waals surface area (Å²) >= 11 is 0. The highest BCUT2D eigenvalue weighted by Crippen LogP contribution is 2.26. The van der Waals surface area contributed by atoms with Crippen LogP contribution in [0.2, 0.25) is 0 Å². The first-order valence-corrected chi connectivity index (χ1v) is 6.17. The summed E-state index contributed by atoms with van der Waals surface area (Å²) in [5.74, 6) is 0.577. The normalized spacial score (nSPS) is 18.4. The van der Waals surface area contributed by atoms with Crippen molar-refractivity contribution >= 4 is 12.1 Å². The van der Waals surface area contributed by atoms with Crippen molar-refractivity contribution in [3.05, 3.63) is 0 Å². The molecule has 1 aliphatic rings. The second-order valence-corrected chi connectivity index (χ2v) is 5.49. The molecule has 0 aliphatic heterocycles. The highest BCUT2D eigenvalue weighted by Gasteiger charge is 2.14. The van der Waals surface area contributed by atoms with E-state index in [1.165, 1.54) is 25.7 Å². The van der Waals surface area contributed by atoms with E-state index in [1.54, 1.807) is 6.21 Å². The molecule has 92 valence electrons. The molecule has 0 aromatic rings. The maximum atomic E-state index is 11.3. The van der Waals surface area contributed by atoms with Gasteiger partial charge in [-0.2, -0.15) is 0 Å². The summed E-state index contributed by atoms with van der Waals surface area (Å²) in [5.41, 5.74) is -0.267. The smallest absolute Gasteiger partial charge is 0.271 e. The van der Waals surface area contributed by atoms with E-state index in [4.69, 9.17) is 4.74 Å². The van der Waals surface area contributed by atoms with E-state index < -0.39 is 0 Å². The molecule has 0 aromatic carbocycles. The lowest BCUT2D eigenvalue weighted by Gasteiger charge is -2.17. The fourth-order valence-corrected chi connectivity index (χ4v) is 1.87. The molecule has 1 rings (SSSR count). The van der Waals surface area contributed by atoms with E-state index in [2.05, 4.69) is 4.99 Å². The quantitative estimate of drug-likeness (QED) is 0.690. The van der Waals surface area contributed by atoms with Crippen LogP contribution in [0.4, 0.5) is 0 Å². The predicted molar refractivity (Wildman–Crippen MR) is 65.8 cm³/mol. The van der Waals surface area contributed by atoms with Crippen molar-refractivity contribution < 1.29 is 9.53 Å². The molecule has 0 heterocycles. The molecule has 0 atom stereocenters. The summed E-state index contributed by atoms with van der Waals surface area (Å²) < 4.78 is 5.35. The second kappa shape index (κ2) is 6.14. The number of nitrogens with zero attached hydrogens (tertiary/aromatic N) is 1. The number of aliphatic imine (C=N–C) groups is 1. The van der Waals surface area contributed by atoms with Crippen molar-refractivity contribution in [2.24, 2.45) is 10.9 Å². The molecule has 3 nitrogen and oxygen atoms in total. The molecule has 0 unspecified atom stereocenters. The Morgan fingerprint density at radius 3 is 2.56 bits per heavy atom. The molecule has 3 heteroatoms. The number of carbonyl (C=O) groups excluding carboxylic acids is 1. The highest BCUT2D eigenvalue weighted by molar-refractivity contribution is 5.85. The van der Waals surface area contributed by atoms with Crippen molar-refractivity contribution in [1.29, 1.82) is 0 Å². The molecular formula is C13H23NO2. The zero-order valence-corrected chi connectivity index (χ0v) is 10.7. The van der Waals surface area contributed by atoms with Gasteiger partial charge >= 0.3 is 0 Å². The molecule has 1 amide bonds. The molecule has 1 saturated carbocycles. The summed E-state index contributed by atoms with van der Waals surface area (Å²) in [5, 5.41) is 0. The molecule has 0 bridgehead atoms. The molecule has 1 fully saturated rings. The molecule has 0 saturated heterocycles. The van der Waals surface area contributed by atoms with Crippen molar-refractivity contribution in [1.82, 2.24) is 0 Å². The van der Waals surface area contributed by atoms with Gasteiger partial charge in [0.05, 0.1) is 5.60 Å². The summed E-state index contributed by atoms with van der Waals surface area (Å²) in [6.45, 7) is 5.89. The number of carbonyl (C=O) groups is 1. The summed E-state index contributed by atoms with van der Waals surface area (Å²) in [7, 11) is 0. The number of ether oxygens (including phenoxy) is 1. The SMILES string of the molecule is CC(C)(C)OCC(=O)N=CCC1CCCC1. The molecular weight excluding hydrogens is 202 g/mol. The number of hydrogen-bond acceptors (Lipinski definition) is 2. The minimum atomic E-state index is -0.267. The average molecular weight is 225 g/mol. The monoisotopic (exact) mass is 225 g/mol. The Morgan fingerprint density at radius 1 is 1.38 bits per heavy atom. The Bertz CT molecular complexity index is 247. The first-order chi connectivity index (χ1) is 7.47. The molecule has 16 heavy (non-hydrogen) atoms. The van der Waals surface area contributed by atoms with Gasteiger partial charge in [0.2, 0.25) is 0 Å². The summed E-state index contributed by atoms with van der Waals surface area (Å²) in [6, 6.07) is 0. The van der Waals surface area contributed by atoms with Crippen LogP contribution in [0.5, 0.6) is 0 Å². The van der Waals surface area contributed by atoms with Gasteiger partial charge < -0.3 is 4.74 Å². The van der Waals surface area contributed by atoms with Crippen LogP contribution in [0.25, 0.3) is 0 Å². The van der Waals surface area contributed by atoms with Gasteiger partial charge in [-0.15, -0.1) is 0 Å². The topological polar surface area (TPSA) is 38.7 Å². The lowest BCUT2D eigenvalue weighted by molar-refractivity contribution is -0.127. The van der Waals surface area contributed by atoms with Crippen LogP contribution < -0.4 is 0 Å². The van der Waals surface area contributed by atoms with Crippen molar-refractivity contribution in [3.8, 4) is 0 Å². The highest BCUT2D eigenvalue weighted by atomic mass is 16.5. The van der Waals surface area contributed by atoms with Gasteiger partial charge in [0.1, 0.15) is 6.61 Å². The number of hydrogen-bond donors (Lipinski definition) is 0. The van der Waals surface area contributed by atoms with Gasteiger partial charge in [-0.05, 0) is 33.1 Å². The van der Waals surface area contributed by atoms with Crippen LogP contribution in [-0.2, 0) is 9.53 Å². The average Bonchev–Trinajstić information content (AvgIpc) is 2.66. The van der Waals surface area contributed by atoms with Crippen molar-refractivity contribution in [2.75, 3.05) is 6.61 Å². The Morgan fingerprint density at radius 2 is 2.00 bits per heavy atom. The molecule has 0 spiro atoms. The van der Waals surface area contributed by atoms with E-state index in [0.717, 1.165) is 12.3 Å². The van der Waals surface area contributed by atoms with Crippen LogP contribution in [-0.4, -0.2) is 24.3 Å². The Hall–Kier alpha value is -0.700. The zero-order valence-electron chi connectivity index (χ0n) is 10.7. The zero-order chi connectivity index (χ0) is 12.0. The first-order valence-electron chi connectivity index (χ1n) is 6.17. The second-order valence-electron chi connectivity index (χ2n) is 5.49. The van der Waals surface area contributed by atoms with Gasteiger partial charge in [0.25, 0.3) is 5.91 Å². The largest absolute Gasteiger partial charge is 0.366 e. The maximum absolute atomic E-state index is 11.3. The van der Waals surface area contributed by atoms with Crippen LogP contribution in [0.15, 0.2) is 4.99 Å². The maximum Gasteiger partial charge on any atom is 0.271 e. The summed E-state index contributed by atoms with van der Waals surface area (Å²) in [4.78, 5) is 15.2. The Labute approximate surface area is 98.3 Å². The van der Waals surface area contributed by atoms with Crippen LogP contribution in [0.3, 0.4) is 0 Å². The van der Waals surface area contributed by atoms with E-state index in [1.807, 2.05) is 20.8 Å². The lowest BCUT2D eigenvalue weighted by Crippen LogP contribution is -2.22. The van der Waals surface area contributed by atoms with E-state index in [-0.39, 0.29) is 18.1 Å². The molecule has 0 N–H and O–H groups in total. The number of rotatable bonds is 4. The van der Waals surface area contributed by atoms with Crippen molar-refractivity contribution in [3.63, 3.8) is 0 Å². The fourth-order valence-electron chi connectivity index (χ4n) is 1.87. The van der Waals surface area contributed by atoms with Crippen LogP contribution >= 0.6 is 0 Å². The third-order valence-corrected chi connectivity index (χ3v) is 2.78. The third-order valence-electron chi connectivity index (χ3n) is 2.78. The lowest BCUT2D eigenvalue weighted by atomic mass is 10.1. The third kappa shape index (κ3) is 6.01. The van der Waals surface area contributed by atoms with Gasteiger partial charge in [-0.25, -0.2) is 4.99 Å². The minimum absolute atomic E-state index is 0.0880. The van der Waals surface area contributed by atoms with Gasteiger partial charge in [-0.3, -0.25) is 4.79 Å². The number of amides is 1. The Kier molecular flexibility index (Phi) is 5.13. The standard InChI is InChI=1S/C13H23NO2/c1-13(2,3)16-10-12(15)14-9-8-11-6-4-5-7-11/h9,11H,4-8,10H2,1-3H3. The molecule has 0 aromatic heterocycles. The van der Waals surface area contributed by atoms with Crippen LogP contribution in [0.1, 0.15) is 52.9 Å². The van der Waals surface area contributed by atoms with Gasteiger partial charge in [0.15, 0.2) is 0 Å². The van der Waals surface area contributed by atoms with E-state index in [0.29, 0.717) is 0 Å². The first kappa shape index (κ1) is 13.4. The minimum Gasteiger partial charge on any atom is -0.366 e. The molecule has 1 aliphatic carbocycles. The van der Waals surface area contributed by atoms with Crippen LogP contribution in [0, 0.1) is 5.92 Å². The van der Waals surface area contributed by atoms with Gasteiger partial charge in [0, 0.05) is 6.21 Å². The van der Waals surface area contributed by atoms with E-state index >= 15 is 0 Å². The van der Waals surface area contributed by atoms with E-state index in [9.17, 15) is 4.79 Å². The van der Waals surface area contributed by atoms with Gasteiger partial charge in [-0.1, -0.05) is 25.7 Å². The fraction of sp³-hybridized carbons (Fsp3) is 0.846. The summed E-state index contributed by atoms with van der Waals surface area (Å²) in [6.07, 6.45) is 7.96. The molecule has 0 radical (unpaired) electrons. The Balaban J connectivity index is 2.15. The predicted octanol–water partition coefficient (Wildman–Crippen LogP) is 2.98. The van der Waals surface area contributed by atoms with Crippen molar-refractivity contribution in [2.45, 2.75) is 58.5 Å².